The van der Waals surface area contributed by atoms with Gasteiger partial charge in [0.1, 0.15) is 6.54 Å². The van der Waals surface area contributed by atoms with Crippen molar-refractivity contribution < 1.29 is 9.53 Å². The van der Waals surface area contributed by atoms with Crippen molar-refractivity contribution in [3.8, 4) is 0 Å². The number of ether oxygens (including phenoxy) is 1. The minimum Gasteiger partial charge on any atom is -0.381 e. The molecule has 0 radical (unpaired) electrons. The maximum Gasteiger partial charge on any atom is 0.241 e. The van der Waals surface area contributed by atoms with E-state index in [2.05, 4.69) is 33.0 Å². The molecular weight excluding hydrogens is 321 g/mol. The Kier molecular flexibility index (Phi) is 4.16. The van der Waals surface area contributed by atoms with Crippen LogP contribution in [0, 0.1) is 3.57 Å². The minimum absolute atomic E-state index is 0.0198. The van der Waals surface area contributed by atoms with Gasteiger partial charge in [-0.1, -0.05) is 0 Å². The number of carbonyl (C=O) groups is 1. The van der Waals surface area contributed by atoms with Crippen molar-refractivity contribution in [2.75, 3.05) is 13.2 Å². The molecule has 16 heavy (non-hydrogen) atoms. The average Bonchev–Trinajstić information content (AvgIpc) is 2.65. The molecule has 0 saturated carbocycles. The molecule has 1 fully saturated rings. The van der Waals surface area contributed by atoms with Gasteiger partial charge in [0.2, 0.25) is 5.91 Å². The first-order chi connectivity index (χ1) is 7.74. The number of aromatic nitrogens is 2. The van der Waals surface area contributed by atoms with Crippen LogP contribution in [0.15, 0.2) is 12.4 Å². The van der Waals surface area contributed by atoms with E-state index in [4.69, 9.17) is 4.74 Å². The van der Waals surface area contributed by atoms with Gasteiger partial charge in [-0.3, -0.25) is 9.48 Å². The quantitative estimate of drug-likeness (QED) is 0.831. The van der Waals surface area contributed by atoms with Crippen LogP contribution >= 0.6 is 22.6 Å². The average molecular weight is 335 g/mol. The van der Waals surface area contributed by atoms with Crippen LogP contribution in [0.4, 0.5) is 0 Å². The molecule has 88 valence electrons. The lowest BCUT2D eigenvalue weighted by molar-refractivity contribution is -0.123. The molecule has 5 nitrogen and oxygen atoms in total. The smallest absolute Gasteiger partial charge is 0.241 e. The van der Waals surface area contributed by atoms with Crippen LogP contribution in [0.3, 0.4) is 0 Å². The second-order valence-corrected chi connectivity index (χ2v) is 5.06. The molecular formula is C10H14IN3O2. The van der Waals surface area contributed by atoms with E-state index in [1.165, 1.54) is 0 Å². The summed E-state index contributed by atoms with van der Waals surface area (Å²) in [6.45, 7) is 1.77. The lowest BCUT2D eigenvalue weighted by atomic mass is 10.1. The SMILES string of the molecule is O=C(Cn1cc(I)cn1)NC1CCOCC1. The van der Waals surface area contributed by atoms with E-state index in [1.54, 1.807) is 10.9 Å². The van der Waals surface area contributed by atoms with Crippen molar-refractivity contribution in [1.82, 2.24) is 15.1 Å². The Morgan fingerprint density at radius 1 is 1.62 bits per heavy atom. The molecule has 1 amide bonds. The Labute approximate surface area is 108 Å². The van der Waals surface area contributed by atoms with Crippen molar-refractivity contribution in [2.24, 2.45) is 0 Å². The third-order valence-electron chi connectivity index (χ3n) is 2.49. The zero-order valence-electron chi connectivity index (χ0n) is 8.86. The first kappa shape index (κ1) is 11.8. The van der Waals surface area contributed by atoms with E-state index in [0.29, 0.717) is 6.54 Å². The molecule has 0 spiro atoms. The van der Waals surface area contributed by atoms with Gasteiger partial charge in [-0.2, -0.15) is 5.10 Å². The highest BCUT2D eigenvalue weighted by Gasteiger charge is 2.16. The first-order valence-electron chi connectivity index (χ1n) is 5.29. The number of rotatable bonds is 3. The molecule has 1 aliphatic rings. The molecule has 1 aromatic rings. The summed E-state index contributed by atoms with van der Waals surface area (Å²) in [5.74, 6) is 0.0198. The molecule has 1 saturated heterocycles. The Morgan fingerprint density at radius 3 is 3.00 bits per heavy atom. The minimum atomic E-state index is 0.0198. The summed E-state index contributed by atoms with van der Waals surface area (Å²) in [4.78, 5) is 11.7. The summed E-state index contributed by atoms with van der Waals surface area (Å²) in [6.07, 6.45) is 5.40. The Hall–Kier alpha value is -0.630. The Balaban J connectivity index is 1.79. The fourth-order valence-electron chi connectivity index (χ4n) is 1.69. The number of hydrogen-bond acceptors (Lipinski definition) is 3. The second kappa shape index (κ2) is 5.62. The van der Waals surface area contributed by atoms with E-state index in [9.17, 15) is 4.79 Å². The zero-order chi connectivity index (χ0) is 11.4. The van der Waals surface area contributed by atoms with Crippen LogP contribution in [0.25, 0.3) is 0 Å². The van der Waals surface area contributed by atoms with Crippen LogP contribution in [-0.2, 0) is 16.1 Å². The maximum absolute atomic E-state index is 11.7. The summed E-state index contributed by atoms with van der Waals surface area (Å²) < 4.78 is 7.92. The van der Waals surface area contributed by atoms with Crippen molar-refractivity contribution >= 4 is 28.5 Å². The molecule has 6 heteroatoms. The number of halogens is 1. The third-order valence-corrected chi connectivity index (χ3v) is 3.05. The summed E-state index contributed by atoms with van der Waals surface area (Å²) in [5.41, 5.74) is 0. The van der Waals surface area contributed by atoms with E-state index in [1.807, 2.05) is 6.20 Å². The lowest BCUT2D eigenvalue weighted by Crippen LogP contribution is -2.40. The monoisotopic (exact) mass is 335 g/mol. The molecule has 0 aliphatic carbocycles. The van der Waals surface area contributed by atoms with Gasteiger partial charge in [-0.25, -0.2) is 0 Å². The molecule has 0 bridgehead atoms. The second-order valence-electron chi connectivity index (χ2n) is 3.81. The van der Waals surface area contributed by atoms with Gasteiger partial charge in [0, 0.05) is 25.5 Å². The van der Waals surface area contributed by atoms with Gasteiger partial charge < -0.3 is 10.1 Å². The topological polar surface area (TPSA) is 56.2 Å². The highest BCUT2D eigenvalue weighted by Crippen LogP contribution is 2.06. The predicted octanol–water partition coefficient (Wildman–Crippen LogP) is 0.783. The standard InChI is InChI=1S/C10H14IN3O2/c11-8-5-12-14(6-8)7-10(15)13-9-1-3-16-4-2-9/h5-6,9H,1-4,7H2,(H,13,15). The van der Waals surface area contributed by atoms with Crippen LogP contribution in [0.2, 0.25) is 0 Å². The highest BCUT2D eigenvalue weighted by atomic mass is 127. The number of nitrogens with zero attached hydrogens (tertiary/aromatic N) is 2. The fourth-order valence-corrected chi connectivity index (χ4v) is 2.13. The largest absolute Gasteiger partial charge is 0.381 e. The Morgan fingerprint density at radius 2 is 2.38 bits per heavy atom. The van der Waals surface area contributed by atoms with Gasteiger partial charge in [0.25, 0.3) is 0 Å². The summed E-state index contributed by atoms with van der Waals surface area (Å²) in [6, 6.07) is 0.260. The number of amides is 1. The number of hydrogen-bond donors (Lipinski definition) is 1. The van der Waals surface area contributed by atoms with E-state index in [-0.39, 0.29) is 11.9 Å². The molecule has 2 rings (SSSR count). The van der Waals surface area contributed by atoms with Crippen molar-refractivity contribution in [3.05, 3.63) is 16.0 Å². The Bertz CT molecular complexity index is 361. The van der Waals surface area contributed by atoms with Crippen molar-refractivity contribution in [2.45, 2.75) is 25.4 Å². The summed E-state index contributed by atoms with van der Waals surface area (Å²) in [7, 11) is 0. The van der Waals surface area contributed by atoms with Crippen LogP contribution in [0.1, 0.15) is 12.8 Å². The molecule has 0 unspecified atom stereocenters. The molecule has 2 heterocycles. The van der Waals surface area contributed by atoms with E-state index >= 15 is 0 Å². The first-order valence-corrected chi connectivity index (χ1v) is 6.37. The highest BCUT2D eigenvalue weighted by molar-refractivity contribution is 14.1. The van der Waals surface area contributed by atoms with Gasteiger partial charge >= 0.3 is 0 Å². The third kappa shape index (κ3) is 3.44. The molecule has 1 aromatic heterocycles. The predicted molar refractivity (Wildman–Crippen MR) is 66.9 cm³/mol. The molecule has 0 atom stereocenters. The lowest BCUT2D eigenvalue weighted by Gasteiger charge is -2.23. The number of nitrogens with one attached hydrogen (secondary N) is 1. The summed E-state index contributed by atoms with van der Waals surface area (Å²) in [5, 5.41) is 7.07. The number of carbonyl (C=O) groups excluding carboxylic acids is 1. The fraction of sp³-hybridized carbons (Fsp3) is 0.600. The van der Waals surface area contributed by atoms with E-state index in [0.717, 1.165) is 29.6 Å². The maximum atomic E-state index is 11.7. The zero-order valence-corrected chi connectivity index (χ0v) is 11.0. The van der Waals surface area contributed by atoms with E-state index < -0.39 is 0 Å². The molecule has 1 aliphatic heterocycles. The van der Waals surface area contributed by atoms with Gasteiger partial charge in [-0.15, -0.1) is 0 Å². The van der Waals surface area contributed by atoms with Crippen LogP contribution < -0.4 is 5.32 Å². The summed E-state index contributed by atoms with van der Waals surface area (Å²) >= 11 is 2.17. The van der Waals surface area contributed by atoms with Gasteiger partial charge in [-0.05, 0) is 35.4 Å². The van der Waals surface area contributed by atoms with Crippen LogP contribution in [0.5, 0.6) is 0 Å². The van der Waals surface area contributed by atoms with Crippen molar-refractivity contribution in [3.63, 3.8) is 0 Å². The van der Waals surface area contributed by atoms with Crippen LogP contribution in [-0.4, -0.2) is 34.9 Å². The van der Waals surface area contributed by atoms with Gasteiger partial charge in [0.15, 0.2) is 0 Å². The molecule has 1 N–H and O–H groups in total. The normalized spacial score (nSPS) is 17.3. The van der Waals surface area contributed by atoms with Crippen molar-refractivity contribution in [1.29, 1.82) is 0 Å². The van der Waals surface area contributed by atoms with Gasteiger partial charge in [0.05, 0.1) is 9.77 Å². The molecule has 0 aromatic carbocycles.